The number of nitrogens with one attached hydrogen (secondary N) is 5. The number of rotatable bonds is 16. The van der Waals surface area contributed by atoms with E-state index in [1.54, 1.807) is 70.2 Å². The molecule has 2 saturated heterocycles. The minimum atomic E-state index is -3.52. The Morgan fingerprint density at radius 2 is 0.988 bits per heavy atom. The number of hydrogen-bond acceptors (Lipinski definition) is 16. The second kappa shape index (κ2) is 38.7. The smallest absolute Gasteiger partial charge is 0.229 e. The summed E-state index contributed by atoms with van der Waals surface area (Å²) in [7, 11) is -6.95. The van der Waals surface area contributed by atoms with Gasteiger partial charge in [0.2, 0.25) is 11.2 Å². The van der Waals surface area contributed by atoms with Crippen LogP contribution < -0.4 is 41.8 Å². The molecule has 6 aromatic rings. The molecule has 2 fully saturated rings. The second-order valence-electron chi connectivity index (χ2n) is 20.4. The Labute approximate surface area is 587 Å². The molecular formula is C59H80Cl3I4N10O6S2V-. The minimum absolute atomic E-state index is 0. The molecule has 26 heteroatoms. The normalized spacial score (nSPS) is 13.5. The third kappa shape index (κ3) is 24.6. The first-order chi connectivity index (χ1) is 39.2. The zero-order valence-electron chi connectivity index (χ0n) is 48.7. The van der Waals surface area contributed by atoms with Crippen molar-refractivity contribution < 1.29 is 44.9 Å². The van der Waals surface area contributed by atoms with E-state index in [0.717, 1.165) is 61.8 Å². The van der Waals surface area contributed by atoms with Crippen LogP contribution in [0, 0.1) is 18.8 Å². The molecule has 2 aliphatic rings. The van der Waals surface area contributed by atoms with Crippen molar-refractivity contribution in [1.82, 2.24) is 30.6 Å². The summed E-state index contributed by atoms with van der Waals surface area (Å²) >= 11 is 27.0. The third-order valence-electron chi connectivity index (χ3n) is 12.9. The number of hydrogen-bond donors (Lipinski definition) is 6. The molecule has 8 rings (SSSR count). The van der Waals surface area contributed by atoms with Crippen LogP contribution in [0.5, 0.6) is 11.5 Å². The molecule has 1 radical (unpaired) electrons. The van der Waals surface area contributed by atoms with Crippen molar-refractivity contribution in [3.63, 3.8) is 0 Å². The fourth-order valence-corrected chi connectivity index (χ4v) is 11.7. The summed E-state index contributed by atoms with van der Waals surface area (Å²) in [6.07, 6.45) is 7.57. The van der Waals surface area contributed by atoms with Gasteiger partial charge in [-0.15, -0.1) is 0 Å². The van der Waals surface area contributed by atoms with E-state index in [1.807, 2.05) is 50.3 Å². The summed E-state index contributed by atoms with van der Waals surface area (Å²) in [5.74, 6) is 3.56. The van der Waals surface area contributed by atoms with E-state index in [0.29, 0.717) is 35.0 Å². The molecule has 0 spiro atoms. The average molecular weight is 1750 g/mol. The van der Waals surface area contributed by atoms with Crippen molar-refractivity contribution in [2.24, 2.45) is 0 Å². The number of para-hydroxylation sites is 2. The van der Waals surface area contributed by atoms with E-state index in [9.17, 15) is 16.8 Å². The first kappa shape index (κ1) is 79.1. The fraction of sp³-hybridized carbons (Fsp3) is 0.441. The van der Waals surface area contributed by atoms with Crippen LogP contribution >= 0.6 is 125 Å². The Morgan fingerprint density at radius 1 is 0.600 bits per heavy atom. The van der Waals surface area contributed by atoms with Crippen LogP contribution in [0.15, 0.2) is 95.0 Å². The number of nitrogens with two attached hydrogens (primary N) is 1. The largest absolute Gasteiger partial charge is 0.489 e. The summed E-state index contributed by atoms with van der Waals surface area (Å²) in [5, 5.41) is 15.5. The van der Waals surface area contributed by atoms with Crippen molar-refractivity contribution in [1.29, 1.82) is 0 Å². The molecule has 0 amide bonds. The van der Waals surface area contributed by atoms with E-state index in [2.05, 4.69) is 157 Å². The molecule has 4 aromatic carbocycles. The van der Waals surface area contributed by atoms with Crippen LogP contribution in [0.2, 0.25) is 15.3 Å². The molecule has 4 heterocycles. The maximum atomic E-state index is 12.9. The van der Waals surface area contributed by atoms with Gasteiger partial charge in [-0.25, -0.2) is 26.8 Å². The molecule has 0 bridgehead atoms. The van der Waals surface area contributed by atoms with Crippen molar-refractivity contribution in [3.8, 4) is 11.5 Å². The van der Waals surface area contributed by atoms with Crippen LogP contribution in [0.4, 0.5) is 40.3 Å². The molecule has 469 valence electrons. The van der Waals surface area contributed by atoms with Gasteiger partial charge < -0.3 is 64.4 Å². The maximum absolute atomic E-state index is 12.9. The van der Waals surface area contributed by atoms with E-state index >= 15 is 0 Å². The maximum Gasteiger partial charge on any atom is 0.229 e. The van der Waals surface area contributed by atoms with Gasteiger partial charge in [0.1, 0.15) is 21.5 Å². The van der Waals surface area contributed by atoms with Gasteiger partial charge in [-0.3, -0.25) is 4.93 Å². The summed E-state index contributed by atoms with van der Waals surface area (Å²) in [6, 6.07) is 21.7. The van der Waals surface area contributed by atoms with Gasteiger partial charge in [-0.1, -0.05) is 123 Å². The van der Waals surface area contributed by atoms with E-state index in [1.165, 1.54) is 53.6 Å². The number of halogens is 7. The number of alkyl halides is 3. The Bertz CT molecular complexity index is 3270. The topological polar surface area (TPSA) is 224 Å². The molecule has 2 aromatic heterocycles. The number of sulfone groups is 2. The number of benzene rings is 4. The van der Waals surface area contributed by atoms with Crippen LogP contribution in [0.1, 0.15) is 123 Å². The molecule has 0 saturated carbocycles. The van der Waals surface area contributed by atoms with Gasteiger partial charge in [0, 0.05) is 18.6 Å². The van der Waals surface area contributed by atoms with Crippen LogP contribution in [-0.4, -0.2) is 85.6 Å². The van der Waals surface area contributed by atoms with Gasteiger partial charge in [-0.05, 0) is 215 Å². The summed E-state index contributed by atoms with van der Waals surface area (Å²) in [6.45, 7) is 23.1. The zero-order chi connectivity index (χ0) is 61.8. The standard InChI is InChI=1S/C28H36ClN5O3S.C15H24N2O.C13H13Cl2N3O2S.CHI3.CH2I.CH4.V/c1-17(2)37-25-15-21(20-10-12-30-13-11-20)19(5)14-24(25)33-28-31-16-22(29)27(34-28)32-23-8-6-7-9-26(23)38(35,36)18(3)4;1-10(2)18-15-9-13(11(3)8-14(15)16)12-4-6-17-7-5-12;1-8(2)21(19,20)11-6-4-3-5-10(11)17-12-9(14)7-16-13(15)18-12;2-1(3)4;1-2;;/h6-9,14-18,20,30H,10-13H2,1-5H3,(H2,31,32,33,34);8-10,12,17H,4-7,16H2,1-3H3;3-8H,1-2H3,(H,16,17,18);1H;1H2;1H4;/q;;;;-1;;. The number of nitrogen functional groups attached to an aromatic ring is 1. The number of ether oxygens (including phenoxy) is 2. The molecular weight excluding hydrogens is 1670 g/mol. The first-order valence-electron chi connectivity index (χ1n) is 26.8. The molecule has 85 heavy (non-hydrogen) atoms. The monoisotopic (exact) mass is 1750 g/mol. The van der Waals surface area contributed by atoms with Crippen molar-refractivity contribution in [2.45, 2.75) is 147 Å². The zero-order valence-corrected chi connectivity index (χ0v) is 62.6. The van der Waals surface area contributed by atoms with Crippen molar-refractivity contribution in [3.05, 3.63) is 128 Å². The van der Waals surface area contributed by atoms with Gasteiger partial charge in [0.15, 0.2) is 31.3 Å². The minimum Gasteiger partial charge on any atom is -0.489 e. The third-order valence-corrected chi connectivity index (χ3v) is 18.0. The molecule has 0 aliphatic carbocycles. The average Bonchev–Trinajstić information content (AvgIpc) is 3.11. The number of anilines is 7. The van der Waals surface area contributed by atoms with Crippen LogP contribution in [0.25, 0.3) is 0 Å². The predicted octanol–water partition coefficient (Wildman–Crippen LogP) is 17.3. The van der Waals surface area contributed by atoms with Gasteiger partial charge in [0.05, 0.1) is 67.6 Å². The summed E-state index contributed by atoms with van der Waals surface area (Å²) in [4.78, 5) is 20.2. The van der Waals surface area contributed by atoms with Crippen LogP contribution in [0.3, 0.4) is 0 Å². The van der Waals surface area contributed by atoms with Crippen molar-refractivity contribution >= 4 is 185 Å². The molecule has 2 aliphatic heterocycles. The predicted molar refractivity (Wildman–Crippen MR) is 386 cm³/mol. The number of nitrogens with zero attached hydrogens (tertiary/aromatic N) is 4. The van der Waals surface area contributed by atoms with E-state index < -0.39 is 30.2 Å². The molecule has 16 nitrogen and oxygen atoms in total. The number of piperidine rings is 2. The van der Waals surface area contributed by atoms with Crippen LogP contribution in [-0.2, 0) is 38.2 Å². The SMILES string of the molecule is C.CC(C)S(=O)(=O)c1ccccc1Nc1nc(Cl)ncc1Cl.Cc1cc(N)c(OC(C)C)cc1C1CCNCC1.Cc1cc(Nc2ncc(Cl)c(Nc3ccccc3S(=O)(=O)C(C)C)n2)c(OC(C)C)cc1C1CCNCC1.IC(I)I.[CH2-]I.[V]. The Kier molecular flexibility index (Phi) is 36.0. The van der Waals surface area contributed by atoms with E-state index in [4.69, 9.17) is 50.0 Å². The van der Waals surface area contributed by atoms with Gasteiger partial charge in [-0.2, -0.15) is 9.97 Å². The molecule has 0 unspecified atom stereocenters. The Hall–Kier alpha value is -1.97. The van der Waals surface area contributed by atoms with E-state index in [-0.39, 0.29) is 69.1 Å². The van der Waals surface area contributed by atoms with Gasteiger partial charge in [0.25, 0.3) is 0 Å². The Morgan fingerprint density at radius 3 is 1.42 bits per heavy atom. The number of aryl methyl sites for hydroxylation is 2. The summed E-state index contributed by atoms with van der Waals surface area (Å²) in [5.41, 5.74) is 13.5. The van der Waals surface area contributed by atoms with Gasteiger partial charge >= 0.3 is 0 Å². The summed E-state index contributed by atoms with van der Waals surface area (Å²) < 4.78 is 63.2. The molecule has 0 atom stereocenters. The second-order valence-corrected chi connectivity index (χ2v) is 37.3. The fourth-order valence-electron chi connectivity index (χ4n) is 8.85. The van der Waals surface area contributed by atoms with Crippen molar-refractivity contribution in [2.75, 3.05) is 47.9 Å². The first-order valence-corrected chi connectivity index (χ1v) is 36.3. The number of aromatic nitrogens is 4. The molecule has 7 N–H and O–H groups in total. The Balaban J connectivity index is 0.000000444. The quantitative estimate of drug-likeness (QED) is 0.0174.